The third kappa shape index (κ3) is 2.93. The minimum atomic E-state index is 0.697. The first-order chi connectivity index (χ1) is 8.61. The van der Waals surface area contributed by atoms with Crippen LogP contribution < -0.4 is 5.32 Å². The van der Waals surface area contributed by atoms with Crippen LogP contribution in [0.25, 0.3) is 0 Å². The molecule has 0 saturated heterocycles. The zero-order valence-electron chi connectivity index (χ0n) is 12.0. The Kier molecular flexibility index (Phi) is 4.40. The molecule has 0 bridgehead atoms. The lowest BCUT2D eigenvalue weighted by Crippen LogP contribution is -2.39. The molecule has 102 valence electrons. The van der Waals surface area contributed by atoms with Crippen molar-refractivity contribution in [2.45, 2.75) is 58.2 Å². The van der Waals surface area contributed by atoms with Crippen molar-refractivity contribution in [1.82, 2.24) is 15.4 Å². The normalized spacial score (nSPS) is 24.7. The summed E-state index contributed by atoms with van der Waals surface area (Å²) in [6.07, 6.45) is 5.14. The summed E-state index contributed by atoms with van der Waals surface area (Å²) < 4.78 is 5.23. The molecule has 4 heteroatoms. The molecule has 4 nitrogen and oxygen atoms in total. The maximum atomic E-state index is 5.23. The first-order valence-electron chi connectivity index (χ1n) is 6.91. The fourth-order valence-corrected chi connectivity index (χ4v) is 2.91. The molecule has 0 aromatic carbocycles. The Bertz CT molecular complexity index is 361. The molecule has 1 fully saturated rings. The molecule has 1 heterocycles. The Morgan fingerprint density at radius 2 is 1.94 bits per heavy atom. The summed E-state index contributed by atoms with van der Waals surface area (Å²) in [4.78, 5) is 2.46. The molecule has 1 aromatic heterocycles. The molecule has 1 aromatic rings. The van der Waals surface area contributed by atoms with Crippen molar-refractivity contribution in [3.8, 4) is 0 Å². The van der Waals surface area contributed by atoms with Crippen LogP contribution >= 0.6 is 0 Å². The quantitative estimate of drug-likeness (QED) is 0.891. The van der Waals surface area contributed by atoms with Crippen LogP contribution in [0.5, 0.6) is 0 Å². The van der Waals surface area contributed by atoms with Crippen molar-refractivity contribution in [2.24, 2.45) is 0 Å². The smallest absolute Gasteiger partial charge is 0.138 e. The lowest BCUT2D eigenvalue weighted by molar-refractivity contribution is 0.169. The van der Waals surface area contributed by atoms with Crippen LogP contribution in [0.15, 0.2) is 4.52 Å². The zero-order chi connectivity index (χ0) is 13.1. The van der Waals surface area contributed by atoms with E-state index < -0.39 is 0 Å². The second-order valence-electron chi connectivity index (χ2n) is 5.51. The van der Waals surface area contributed by atoms with Crippen LogP contribution in [-0.2, 0) is 6.54 Å². The molecule has 0 atom stereocenters. The van der Waals surface area contributed by atoms with Gasteiger partial charge in [-0.1, -0.05) is 5.16 Å². The molecule has 1 N–H and O–H groups in total. The summed E-state index contributed by atoms with van der Waals surface area (Å²) >= 11 is 0. The third-order valence-corrected chi connectivity index (χ3v) is 4.32. The minimum absolute atomic E-state index is 0.697. The van der Waals surface area contributed by atoms with Crippen molar-refractivity contribution in [1.29, 1.82) is 0 Å². The van der Waals surface area contributed by atoms with E-state index >= 15 is 0 Å². The number of rotatable bonds is 4. The molecule has 0 aliphatic heterocycles. The van der Waals surface area contributed by atoms with Gasteiger partial charge in [0.05, 0.1) is 5.69 Å². The Labute approximate surface area is 110 Å². The van der Waals surface area contributed by atoms with Gasteiger partial charge in [0.1, 0.15) is 5.76 Å². The van der Waals surface area contributed by atoms with E-state index in [1.807, 2.05) is 13.8 Å². The van der Waals surface area contributed by atoms with Crippen LogP contribution in [0.4, 0.5) is 0 Å². The van der Waals surface area contributed by atoms with E-state index in [9.17, 15) is 0 Å². The second-order valence-corrected chi connectivity index (χ2v) is 5.51. The molecule has 0 radical (unpaired) electrons. The number of nitrogens with one attached hydrogen (secondary N) is 1. The van der Waals surface area contributed by atoms with Crippen molar-refractivity contribution in [3.63, 3.8) is 0 Å². The standard InChI is InChI=1S/C14H25N3O/c1-10-14(11(2)18-16-10)9-17(4)13-7-5-12(15-3)6-8-13/h12-13,15H,5-9H2,1-4H3. The minimum Gasteiger partial charge on any atom is -0.361 e. The summed E-state index contributed by atoms with van der Waals surface area (Å²) in [5, 5.41) is 7.41. The first kappa shape index (κ1) is 13.6. The van der Waals surface area contributed by atoms with Crippen molar-refractivity contribution < 1.29 is 4.52 Å². The third-order valence-electron chi connectivity index (χ3n) is 4.32. The molecule has 0 unspecified atom stereocenters. The molecule has 0 spiro atoms. The Morgan fingerprint density at radius 1 is 1.28 bits per heavy atom. The van der Waals surface area contributed by atoms with E-state index in [-0.39, 0.29) is 0 Å². The maximum Gasteiger partial charge on any atom is 0.138 e. The van der Waals surface area contributed by atoms with E-state index in [2.05, 4.69) is 29.5 Å². The predicted molar refractivity (Wildman–Crippen MR) is 72.5 cm³/mol. The molecule has 1 aliphatic rings. The predicted octanol–water partition coefficient (Wildman–Crippen LogP) is 2.25. The number of aryl methyl sites for hydroxylation is 2. The summed E-state index contributed by atoms with van der Waals surface area (Å²) in [6.45, 7) is 4.98. The van der Waals surface area contributed by atoms with E-state index in [1.165, 1.54) is 31.2 Å². The largest absolute Gasteiger partial charge is 0.361 e. The van der Waals surface area contributed by atoms with Gasteiger partial charge in [0.15, 0.2) is 0 Å². The van der Waals surface area contributed by atoms with E-state index in [4.69, 9.17) is 4.52 Å². The topological polar surface area (TPSA) is 41.3 Å². The van der Waals surface area contributed by atoms with Crippen LogP contribution in [-0.4, -0.2) is 36.2 Å². The van der Waals surface area contributed by atoms with Crippen molar-refractivity contribution >= 4 is 0 Å². The van der Waals surface area contributed by atoms with E-state index in [0.717, 1.165) is 18.0 Å². The average molecular weight is 251 g/mol. The molecule has 0 amide bonds. The van der Waals surface area contributed by atoms with Crippen molar-refractivity contribution in [3.05, 3.63) is 17.0 Å². The highest BCUT2D eigenvalue weighted by Gasteiger charge is 2.24. The van der Waals surface area contributed by atoms with Gasteiger partial charge in [-0.15, -0.1) is 0 Å². The van der Waals surface area contributed by atoms with Gasteiger partial charge < -0.3 is 9.84 Å². The summed E-state index contributed by atoms with van der Waals surface area (Å²) in [5.41, 5.74) is 2.29. The summed E-state index contributed by atoms with van der Waals surface area (Å²) in [7, 11) is 4.29. The van der Waals surface area contributed by atoms with Crippen LogP contribution in [0.2, 0.25) is 0 Å². The monoisotopic (exact) mass is 251 g/mol. The van der Waals surface area contributed by atoms with Gasteiger partial charge in [-0.25, -0.2) is 0 Å². The maximum absolute atomic E-state index is 5.23. The number of hydrogen-bond donors (Lipinski definition) is 1. The lowest BCUT2D eigenvalue weighted by Gasteiger charge is -2.34. The fourth-order valence-electron chi connectivity index (χ4n) is 2.91. The van der Waals surface area contributed by atoms with Gasteiger partial charge in [-0.3, -0.25) is 4.90 Å². The van der Waals surface area contributed by atoms with E-state index in [0.29, 0.717) is 12.1 Å². The SMILES string of the molecule is CNC1CCC(N(C)Cc2c(C)noc2C)CC1. The Morgan fingerprint density at radius 3 is 2.44 bits per heavy atom. The van der Waals surface area contributed by atoms with Gasteiger partial charge in [-0.2, -0.15) is 0 Å². The van der Waals surface area contributed by atoms with Gasteiger partial charge in [0, 0.05) is 24.2 Å². The zero-order valence-corrected chi connectivity index (χ0v) is 12.0. The lowest BCUT2D eigenvalue weighted by atomic mass is 9.90. The van der Waals surface area contributed by atoms with Gasteiger partial charge in [0.2, 0.25) is 0 Å². The fraction of sp³-hybridized carbons (Fsp3) is 0.786. The highest BCUT2D eigenvalue weighted by atomic mass is 16.5. The van der Waals surface area contributed by atoms with E-state index in [1.54, 1.807) is 0 Å². The highest BCUT2D eigenvalue weighted by Crippen LogP contribution is 2.24. The number of hydrogen-bond acceptors (Lipinski definition) is 4. The summed E-state index contributed by atoms with van der Waals surface area (Å²) in [6, 6.07) is 1.41. The van der Waals surface area contributed by atoms with Crippen LogP contribution in [0.1, 0.15) is 42.7 Å². The van der Waals surface area contributed by atoms with Crippen molar-refractivity contribution in [2.75, 3.05) is 14.1 Å². The number of aromatic nitrogens is 1. The number of nitrogens with zero attached hydrogens (tertiary/aromatic N) is 2. The molecular weight excluding hydrogens is 226 g/mol. The van der Waals surface area contributed by atoms with Gasteiger partial charge in [0.25, 0.3) is 0 Å². The molecular formula is C14H25N3O. The first-order valence-corrected chi connectivity index (χ1v) is 6.91. The van der Waals surface area contributed by atoms with Gasteiger partial charge in [-0.05, 0) is 53.6 Å². The molecule has 1 aliphatic carbocycles. The molecule has 18 heavy (non-hydrogen) atoms. The Balaban J connectivity index is 1.91. The summed E-state index contributed by atoms with van der Waals surface area (Å²) in [5.74, 6) is 0.961. The van der Waals surface area contributed by atoms with Crippen LogP contribution in [0, 0.1) is 13.8 Å². The second kappa shape index (κ2) is 5.85. The Hall–Kier alpha value is -0.870. The highest BCUT2D eigenvalue weighted by molar-refractivity contribution is 5.20. The van der Waals surface area contributed by atoms with Gasteiger partial charge >= 0.3 is 0 Å². The van der Waals surface area contributed by atoms with Crippen LogP contribution in [0.3, 0.4) is 0 Å². The molecule has 1 saturated carbocycles. The average Bonchev–Trinajstić information content (AvgIpc) is 2.70. The molecule has 2 rings (SSSR count).